The lowest BCUT2D eigenvalue weighted by Gasteiger charge is -2.18. The maximum atomic E-state index is 13.0. The normalized spacial score (nSPS) is 10.9. The molecule has 0 spiro atoms. The Balaban J connectivity index is 2.29. The van der Waals surface area contributed by atoms with Gasteiger partial charge in [0, 0.05) is 5.92 Å². The van der Waals surface area contributed by atoms with Gasteiger partial charge < -0.3 is 0 Å². The Labute approximate surface area is 113 Å². The van der Waals surface area contributed by atoms with Crippen LogP contribution in [0.25, 0.3) is 0 Å². The van der Waals surface area contributed by atoms with Crippen molar-refractivity contribution < 1.29 is 8.78 Å². The Morgan fingerprint density at radius 3 is 1.58 bits per heavy atom. The molecule has 0 aliphatic carbocycles. The highest BCUT2D eigenvalue weighted by Gasteiger charge is 2.13. The smallest absolute Gasteiger partial charge is 0.123 e. The number of halogens is 2. The van der Waals surface area contributed by atoms with Crippen LogP contribution in [0.1, 0.15) is 36.3 Å². The van der Waals surface area contributed by atoms with Crippen LogP contribution in [0.5, 0.6) is 0 Å². The topological polar surface area (TPSA) is 0 Å². The van der Waals surface area contributed by atoms with Crippen LogP contribution >= 0.6 is 0 Å². The molecule has 0 N–H and O–H groups in total. The Morgan fingerprint density at radius 2 is 1.21 bits per heavy atom. The molecule has 99 valence electrons. The zero-order chi connectivity index (χ0) is 13.7. The van der Waals surface area contributed by atoms with Crippen LogP contribution in [0, 0.1) is 18.6 Å². The van der Waals surface area contributed by atoms with Crippen molar-refractivity contribution in [2.24, 2.45) is 0 Å². The summed E-state index contributed by atoms with van der Waals surface area (Å²) in [5.74, 6) is -0.305. The van der Waals surface area contributed by atoms with Gasteiger partial charge in [0.05, 0.1) is 0 Å². The molecule has 0 aliphatic rings. The van der Waals surface area contributed by atoms with Crippen LogP contribution < -0.4 is 0 Å². The Bertz CT molecular complexity index is 454. The van der Waals surface area contributed by atoms with E-state index in [1.807, 2.05) is 0 Å². The van der Waals surface area contributed by atoms with E-state index in [-0.39, 0.29) is 17.6 Å². The highest BCUT2D eigenvalue weighted by Crippen LogP contribution is 2.30. The van der Waals surface area contributed by atoms with Gasteiger partial charge in [-0.3, -0.25) is 0 Å². The minimum Gasteiger partial charge on any atom is -0.207 e. The van der Waals surface area contributed by atoms with Crippen molar-refractivity contribution >= 4 is 0 Å². The van der Waals surface area contributed by atoms with Crippen molar-refractivity contribution in [2.45, 2.75) is 25.2 Å². The van der Waals surface area contributed by atoms with E-state index in [2.05, 4.69) is 6.92 Å². The first kappa shape index (κ1) is 13.7. The molecule has 0 heterocycles. The minimum absolute atomic E-state index is 0.169. The van der Waals surface area contributed by atoms with Crippen LogP contribution in [0.15, 0.2) is 48.5 Å². The maximum Gasteiger partial charge on any atom is 0.123 e. The number of rotatable bonds is 5. The van der Waals surface area contributed by atoms with E-state index >= 15 is 0 Å². The summed E-state index contributed by atoms with van der Waals surface area (Å²) in [7, 11) is 0. The molecule has 1 radical (unpaired) electrons. The molecule has 2 rings (SSSR count). The van der Waals surface area contributed by atoms with E-state index < -0.39 is 0 Å². The van der Waals surface area contributed by atoms with Gasteiger partial charge in [0.15, 0.2) is 0 Å². The number of benzene rings is 2. The Morgan fingerprint density at radius 1 is 0.789 bits per heavy atom. The van der Waals surface area contributed by atoms with Gasteiger partial charge in [-0.2, -0.15) is 0 Å². The van der Waals surface area contributed by atoms with E-state index in [0.29, 0.717) is 0 Å². The fraction of sp³-hybridized carbons (Fsp3) is 0.235. The molecule has 19 heavy (non-hydrogen) atoms. The summed E-state index contributed by atoms with van der Waals surface area (Å²) in [5, 5.41) is 0. The van der Waals surface area contributed by atoms with Crippen molar-refractivity contribution in [2.75, 3.05) is 0 Å². The standard InChI is InChI=1S/C17H17F2/c1-2-3-4-17(13-5-9-15(18)10-6-13)14-7-11-16(19)12-8-14/h5-12,17H,1-4H2. The molecule has 0 fully saturated rings. The van der Waals surface area contributed by atoms with Gasteiger partial charge in [0.25, 0.3) is 0 Å². The maximum absolute atomic E-state index is 13.0. The van der Waals surface area contributed by atoms with Crippen LogP contribution in [-0.4, -0.2) is 0 Å². The first-order valence-electron chi connectivity index (χ1n) is 6.51. The van der Waals surface area contributed by atoms with Gasteiger partial charge in [0.2, 0.25) is 0 Å². The van der Waals surface area contributed by atoms with Crippen molar-refractivity contribution in [3.05, 3.63) is 78.2 Å². The third kappa shape index (κ3) is 3.63. The third-order valence-electron chi connectivity index (χ3n) is 3.29. The van der Waals surface area contributed by atoms with Crippen molar-refractivity contribution in [3.8, 4) is 0 Å². The zero-order valence-corrected chi connectivity index (χ0v) is 10.8. The summed E-state index contributed by atoms with van der Waals surface area (Å²) in [5.41, 5.74) is 2.11. The van der Waals surface area contributed by atoms with Crippen LogP contribution in [0.2, 0.25) is 0 Å². The fourth-order valence-electron chi connectivity index (χ4n) is 2.26. The Hall–Kier alpha value is -1.70. The van der Waals surface area contributed by atoms with Gasteiger partial charge in [-0.15, -0.1) is 0 Å². The van der Waals surface area contributed by atoms with Crippen LogP contribution in [0.4, 0.5) is 8.78 Å². The SMILES string of the molecule is [CH2]CCCC(c1ccc(F)cc1)c1ccc(F)cc1. The fourth-order valence-corrected chi connectivity index (χ4v) is 2.26. The molecule has 2 aromatic carbocycles. The number of hydrogen-bond acceptors (Lipinski definition) is 0. The second-order valence-corrected chi connectivity index (χ2v) is 4.65. The van der Waals surface area contributed by atoms with Gasteiger partial charge in [-0.05, 0) is 41.8 Å². The summed E-state index contributed by atoms with van der Waals surface area (Å²) in [4.78, 5) is 0. The number of unbranched alkanes of at least 4 members (excludes halogenated alkanes) is 1. The largest absolute Gasteiger partial charge is 0.207 e. The van der Waals surface area contributed by atoms with Crippen LogP contribution in [0.3, 0.4) is 0 Å². The van der Waals surface area contributed by atoms with Crippen LogP contribution in [-0.2, 0) is 0 Å². The lowest BCUT2D eigenvalue weighted by Crippen LogP contribution is -2.01. The molecule has 0 bridgehead atoms. The molecule has 2 aromatic rings. The van der Waals surface area contributed by atoms with Gasteiger partial charge in [-0.1, -0.05) is 44.0 Å². The second-order valence-electron chi connectivity index (χ2n) is 4.65. The molecule has 0 aliphatic heterocycles. The molecular weight excluding hydrogens is 242 g/mol. The van der Waals surface area contributed by atoms with Gasteiger partial charge >= 0.3 is 0 Å². The second kappa shape index (κ2) is 6.46. The quantitative estimate of drug-likeness (QED) is 0.700. The Kier molecular flexibility index (Phi) is 4.67. The summed E-state index contributed by atoms with van der Waals surface area (Å²) in [6.07, 6.45) is 2.78. The third-order valence-corrected chi connectivity index (χ3v) is 3.29. The number of hydrogen-bond donors (Lipinski definition) is 0. The molecule has 0 amide bonds. The monoisotopic (exact) mass is 259 g/mol. The molecule has 0 nitrogen and oxygen atoms in total. The highest BCUT2D eigenvalue weighted by molar-refractivity contribution is 5.32. The van der Waals surface area contributed by atoms with Gasteiger partial charge in [-0.25, -0.2) is 8.78 Å². The summed E-state index contributed by atoms with van der Waals surface area (Å²) in [6, 6.07) is 13.1. The lowest BCUT2D eigenvalue weighted by atomic mass is 9.87. The minimum atomic E-state index is -0.237. The van der Waals surface area contributed by atoms with E-state index in [1.54, 1.807) is 24.3 Å². The molecular formula is C17H17F2. The lowest BCUT2D eigenvalue weighted by molar-refractivity contribution is 0.619. The molecule has 0 aromatic heterocycles. The molecule has 0 atom stereocenters. The summed E-state index contributed by atoms with van der Waals surface area (Å²) >= 11 is 0. The van der Waals surface area contributed by atoms with Crippen molar-refractivity contribution in [3.63, 3.8) is 0 Å². The van der Waals surface area contributed by atoms with Gasteiger partial charge in [0.1, 0.15) is 11.6 Å². The van der Waals surface area contributed by atoms with E-state index in [9.17, 15) is 8.78 Å². The average molecular weight is 259 g/mol. The molecule has 0 unspecified atom stereocenters. The average Bonchev–Trinajstić information content (AvgIpc) is 2.43. The van der Waals surface area contributed by atoms with E-state index in [1.165, 1.54) is 24.3 Å². The molecule has 0 saturated carbocycles. The first-order chi connectivity index (χ1) is 9.20. The van der Waals surface area contributed by atoms with E-state index in [4.69, 9.17) is 0 Å². The zero-order valence-electron chi connectivity index (χ0n) is 10.8. The van der Waals surface area contributed by atoms with Crippen molar-refractivity contribution in [1.82, 2.24) is 0 Å². The van der Waals surface area contributed by atoms with Crippen molar-refractivity contribution in [1.29, 1.82) is 0 Å². The molecule has 0 saturated heterocycles. The van der Waals surface area contributed by atoms with E-state index in [0.717, 1.165) is 30.4 Å². The summed E-state index contributed by atoms with van der Waals surface area (Å²) < 4.78 is 26.0. The predicted octanol–water partition coefficient (Wildman–Crippen LogP) is 5.10. The predicted molar refractivity (Wildman–Crippen MR) is 73.9 cm³/mol. The first-order valence-corrected chi connectivity index (χ1v) is 6.51. The molecule has 2 heteroatoms. The highest BCUT2D eigenvalue weighted by atomic mass is 19.1. The summed E-state index contributed by atoms with van der Waals surface area (Å²) in [6.45, 7) is 3.85.